The quantitative estimate of drug-likeness (QED) is 0.863. The standard InChI is InChI=1S/C13H9ClN2O2/c14-11-5-12(16-7-11)13(17)18-8-10-3-1-9(6-15)2-4-10/h1-5,7,16H,8H2. The molecule has 0 aliphatic carbocycles. The number of hydrogen-bond acceptors (Lipinski definition) is 3. The predicted molar refractivity (Wildman–Crippen MR) is 66.1 cm³/mol. The van der Waals surface area contributed by atoms with Crippen molar-refractivity contribution in [1.29, 1.82) is 5.26 Å². The summed E-state index contributed by atoms with van der Waals surface area (Å²) < 4.78 is 5.09. The molecule has 5 heteroatoms. The Balaban J connectivity index is 1.95. The Morgan fingerprint density at radius 2 is 2.11 bits per heavy atom. The minimum Gasteiger partial charge on any atom is -0.456 e. The number of halogens is 1. The number of nitrogens with zero attached hydrogens (tertiary/aromatic N) is 1. The van der Waals surface area contributed by atoms with Crippen LogP contribution >= 0.6 is 11.6 Å². The summed E-state index contributed by atoms with van der Waals surface area (Å²) in [6.07, 6.45) is 1.51. The number of nitriles is 1. The highest BCUT2D eigenvalue weighted by atomic mass is 35.5. The topological polar surface area (TPSA) is 65.9 Å². The van der Waals surface area contributed by atoms with Gasteiger partial charge in [-0.1, -0.05) is 23.7 Å². The summed E-state index contributed by atoms with van der Waals surface area (Å²) in [5, 5.41) is 9.10. The molecule has 0 aliphatic heterocycles. The van der Waals surface area contributed by atoms with Gasteiger partial charge in [-0.15, -0.1) is 0 Å². The zero-order chi connectivity index (χ0) is 13.0. The molecule has 1 N–H and O–H groups in total. The maximum atomic E-state index is 11.6. The third kappa shape index (κ3) is 2.90. The van der Waals surface area contributed by atoms with E-state index in [2.05, 4.69) is 4.98 Å². The van der Waals surface area contributed by atoms with Gasteiger partial charge in [0.05, 0.1) is 16.7 Å². The number of benzene rings is 1. The first-order valence-electron chi connectivity index (χ1n) is 5.19. The molecular formula is C13H9ClN2O2. The fourth-order valence-corrected chi connectivity index (χ4v) is 1.55. The van der Waals surface area contributed by atoms with Gasteiger partial charge in [-0.3, -0.25) is 0 Å². The van der Waals surface area contributed by atoms with E-state index in [0.717, 1.165) is 5.56 Å². The Bertz CT molecular complexity index is 596. The van der Waals surface area contributed by atoms with Crippen molar-refractivity contribution in [3.8, 4) is 6.07 Å². The first kappa shape index (κ1) is 12.2. The largest absolute Gasteiger partial charge is 0.456 e. The number of esters is 1. The van der Waals surface area contributed by atoms with E-state index < -0.39 is 5.97 Å². The van der Waals surface area contributed by atoms with Gasteiger partial charge in [0, 0.05) is 6.20 Å². The van der Waals surface area contributed by atoms with E-state index in [0.29, 0.717) is 16.3 Å². The fourth-order valence-electron chi connectivity index (χ4n) is 1.39. The molecule has 90 valence electrons. The van der Waals surface area contributed by atoms with Gasteiger partial charge >= 0.3 is 5.97 Å². The minimum atomic E-state index is -0.466. The van der Waals surface area contributed by atoms with E-state index in [1.165, 1.54) is 12.3 Å². The second-order valence-corrected chi connectivity index (χ2v) is 4.05. The van der Waals surface area contributed by atoms with E-state index in [1.807, 2.05) is 6.07 Å². The molecule has 0 atom stereocenters. The molecular weight excluding hydrogens is 252 g/mol. The molecule has 0 aliphatic rings. The van der Waals surface area contributed by atoms with Crippen molar-refractivity contribution in [2.24, 2.45) is 0 Å². The maximum Gasteiger partial charge on any atom is 0.355 e. The number of carbonyl (C=O) groups excluding carboxylic acids is 1. The van der Waals surface area contributed by atoms with E-state index in [-0.39, 0.29) is 6.61 Å². The van der Waals surface area contributed by atoms with Gasteiger partial charge < -0.3 is 9.72 Å². The summed E-state index contributed by atoms with van der Waals surface area (Å²) in [6, 6.07) is 10.4. The Morgan fingerprint density at radius 1 is 1.39 bits per heavy atom. The van der Waals surface area contributed by atoms with Crippen LogP contribution in [0.2, 0.25) is 5.02 Å². The van der Waals surface area contributed by atoms with Crippen molar-refractivity contribution in [2.45, 2.75) is 6.61 Å². The lowest BCUT2D eigenvalue weighted by molar-refractivity contribution is 0.0466. The Hall–Kier alpha value is -2.25. The maximum absolute atomic E-state index is 11.6. The molecule has 0 spiro atoms. The highest BCUT2D eigenvalue weighted by molar-refractivity contribution is 6.30. The van der Waals surface area contributed by atoms with Crippen LogP contribution in [0.25, 0.3) is 0 Å². The van der Waals surface area contributed by atoms with Gasteiger partial charge in [-0.2, -0.15) is 5.26 Å². The summed E-state index contributed by atoms with van der Waals surface area (Å²) >= 11 is 5.69. The van der Waals surface area contributed by atoms with Crippen LogP contribution in [-0.4, -0.2) is 11.0 Å². The lowest BCUT2D eigenvalue weighted by Crippen LogP contribution is -2.05. The number of H-pyrrole nitrogens is 1. The van der Waals surface area contributed by atoms with Gasteiger partial charge in [-0.25, -0.2) is 4.79 Å². The number of hydrogen-bond donors (Lipinski definition) is 1. The normalized spacial score (nSPS) is 9.78. The fraction of sp³-hybridized carbons (Fsp3) is 0.0769. The van der Waals surface area contributed by atoms with Crippen LogP contribution in [0.4, 0.5) is 0 Å². The lowest BCUT2D eigenvalue weighted by atomic mass is 10.2. The first-order valence-corrected chi connectivity index (χ1v) is 5.57. The molecule has 0 unspecified atom stereocenters. The second-order valence-electron chi connectivity index (χ2n) is 3.62. The van der Waals surface area contributed by atoms with Crippen LogP contribution in [0.15, 0.2) is 36.5 Å². The predicted octanol–water partition coefficient (Wildman–Crippen LogP) is 2.90. The smallest absolute Gasteiger partial charge is 0.355 e. The molecule has 0 saturated carbocycles. The molecule has 1 heterocycles. The Morgan fingerprint density at radius 3 is 2.67 bits per heavy atom. The number of carbonyl (C=O) groups is 1. The molecule has 0 fully saturated rings. The van der Waals surface area contributed by atoms with Crippen molar-refractivity contribution in [3.63, 3.8) is 0 Å². The van der Waals surface area contributed by atoms with Crippen LogP contribution in [0, 0.1) is 11.3 Å². The second kappa shape index (κ2) is 5.39. The van der Waals surface area contributed by atoms with Gasteiger partial charge in [-0.05, 0) is 23.8 Å². The minimum absolute atomic E-state index is 0.154. The summed E-state index contributed by atoms with van der Waals surface area (Å²) in [7, 11) is 0. The average Bonchev–Trinajstić information content (AvgIpc) is 2.83. The highest BCUT2D eigenvalue weighted by Gasteiger charge is 2.09. The molecule has 0 saturated heterocycles. The lowest BCUT2D eigenvalue weighted by Gasteiger charge is -2.03. The van der Waals surface area contributed by atoms with Gasteiger partial charge in [0.1, 0.15) is 12.3 Å². The Kier molecular flexibility index (Phi) is 3.66. The van der Waals surface area contributed by atoms with Gasteiger partial charge in [0.2, 0.25) is 0 Å². The molecule has 0 bridgehead atoms. The number of rotatable bonds is 3. The third-order valence-electron chi connectivity index (χ3n) is 2.32. The van der Waals surface area contributed by atoms with Crippen molar-refractivity contribution in [1.82, 2.24) is 4.98 Å². The van der Waals surface area contributed by atoms with Crippen LogP contribution in [-0.2, 0) is 11.3 Å². The molecule has 1 aromatic carbocycles. The van der Waals surface area contributed by atoms with Crippen LogP contribution < -0.4 is 0 Å². The zero-order valence-electron chi connectivity index (χ0n) is 9.31. The van der Waals surface area contributed by atoms with E-state index in [9.17, 15) is 4.79 Å². The average molecular weight is 261 g/mol. The molecule has 0 radical (unpaired) electrons. The monoisotopic (exact) mass is 260 g/mol. The summed E-state index contributed by atoms with van der Waals surface area (Å²) in [5.74, 6) is -0.466. The van der Waals surface area contributed by atoms with Gasteiger partial charge in [0.15, 0.2) is 0 Å². The number of ether oxygens (including phenoxy) is 1. The first-order chi connectivity index (χ1) is 8.69. The van der Waals surface area contributed by atoms with Crippen molar-refractivity contribution in [2.75, 3.05) is 0 Å². The van der Waals surface area contributed by atoms with Gasteiger partial charge in [0.25, 0.3) is 0 Å². The third-order valence-corrected chi connectivity index (χ3v) is 2.54. The van der Waals surface area contributed by atoms with E-state index >= 15 is 0 Å². The van der Waals surface area contributed by atoms with Crippen molar-refractivity contribution in [3.05, 3.63) is 58.4 Å². The molecule has 2 rings (SSSR count). The number of nitrogens with one attached hydrogen (secondary N) is 1. The SMILES string of the molecule is N#Cc1ccc(COC(=O)c2cc(Cl)c[nH]2)cc1. The summed E-state index contributed by atoms with van der Waals surface area (Å²) in [5.41, 5.74) is 1.70. The number of aromatic nitrogens is 1. The van der Waals surface area contributed by atoms with Crippen LogP contribution in [0.5, 0.6) is 0 Å². The molecule has 4 nitrogen and oxygen atoms in total. The highest BCUT2D eigenvalue weighted by Crippen LogP contribution is 2.11. The summed E-state index contributed by atoms with van der Waals surface area (Å²) in [6.45, 7) is 0.154. The summed E-state index contributed by atoms with van der Waals surface area (Å²) in [4.78, 5) is 14.3. The van der Waals surface area contributed by atoms with E-state index in [4.69, 9.17) is 21.6 Å². The number of aromatic amines is 1. The van der Waals surface area contributed by atoms with Crippen molar-refractivity contribution < 1.29 is 9.53 Å². The Labute approximate surface area is 109 Å². The van der Waals surface area contributed by atoms with Crippen LogP contribution in [0.1, 0.15) is 21.6 Å². The van der Waals surface area contributed by atoms with E-state index in [1.54, 1.807) is 24.3 Å². The van der Waals surface area contributed by atoms with Crippen LogP contribution in [0.3, 0.4) is 0 Å². The molecule has 18 heavy (non-hydrogen) atoms. The zero-order valence-corrected chi connectivity index (χ0v) is 10.1. The van der Waals surface area contributed by atoms with Crippen molar-refractivity contribution >= 4 is 17.6 Å². The molecule has 1 aromatic heterocycles. The molecule has 0 amide bonds. The molecule has 2 aromatic rings.